The van der Waals surface area contributed by atoms with E-state index in [1.807, 2.05) is 38.1 Å². The van der Waals surface area contributed by atoms with Crippen LogP contribution in [0.1, 0.15) is 46.1 Å². The second-order valence-electron chi connectivity index (χ2n) is 7.45. The van der Waals surface area contributed by atoms with Crippen LogP contribution in [0.15, 0.2) is 35.1 Å². The van der Waals surface area contributed by atoms with Crippen molar-refractivity contribution in [3.8, 4) is 0 Å². The van der Waals surface area contributed by atoms with Gasteiger partial charge in [0.1, 0.15) is 11.2 Å². The van der Waals surface area contributed by atoms with E-state index in [4.69, 9.17) is 0 Å². The number of benzene rings is 1. The highest BCUT2D eigenvalue weighted by Gasteiger charge is 2.26. The number of carbonyl (C=O) groups is 1. The number of anilines is 1. The number of amides is 1. The summed E-state index contributed by atoms with van der Waals surface area (Å²) < 4.78 is 1.76. The van der Waals surface area contributed by atoms with Crippen molar-refractivity contribution in [2.24, 2.45) is 0 Å². The van der Waals surface area contributed by atoms with Crippen LogP contribution < -0.4 is 15.8 Å². The summed E-state index contributed by atoms with van der Waals surface area (Å²) in [5, 5.41) is 7.97. The third-order valence-corrected chi connectivity index (χ3v) is 5.58. The second kappa shape index (κ2) is 8.39. The average Bonchev–Trinajstić information content (AvgIpc) is 3.03. The molecule has 0 atom stereocenters. The van der Waals surface area contributed by atoms with Crippen LogP contribution in [0.3, 0.4) is 0 Å². The lowest BCUT2D eigenvalue weighted by Crippen LogP contribution is -2.29. The van der Waals surface area contributed by atoms with Crippen LogP contribution >= 0.6 is 12.4 Å². The Morgan fingerprint density at radius 1 is 1.21 bits per heavy atom. The van der Waals surface area contributed by atoms with Gasteiger partial charge >= 0.3 is 0 Å². The monoisotopic (exact) mass is 415 g/mol. The lowest BCUT2D eigenvalue weighted by molar-refractivity contribution is 0.0993. The van der Waals surface area contributed by atoms with Crippen LogP contribution in [0, 0.1) is 13.8 Å². The number of para-hydroxylation sites is 1. The van der Waals surface area contributed by atoms with E-state index in [0.717, 1.165) is 42.9 Å². The number of halogens is 1. The molecule has 3 aromatic rings. The molecular formula is C21H26ClN5O2. The third kappa shape index (κ3) is 3.80. The van der Waals surface area contributed by atoms with Gasteiger partial charge in [-0.1, -0.05) is 18.2 Å². The molecule has 0 bridgehead atoms. The lowest BCUT2D eigenvalue weighted by atomic mass is 9.94. The smallest absolute Gasteiger partial charge is 0.263 e. The molecule has 1 amide bonds. The van der Waals surface area contributed by atoms with E-state index in [2.05, 4.69) is 15.4 Å². The Balaban J connectivity index is 0.00000240. The number of rotatable bonds is 3. The van der Waals surface area contributed by atoms with Crippen LogP contribution in [-0.4, -0.2) is 40.6 Å². The molecule has 1 aromatic carbocycles. The summed E-state index contributed by atoms with van der Waals surface area (Å²) in [5.41, 5.74) is 4.05. The fourth-order valence-corrected chi connectivity index (χ4v) is 4.06. The predicted molar refractivity (Wildman–Crippen MR) is 117 cm³/mol. The van der Waals surface area contributed by atoms with Crippen molar-refractivity contribution < 1.29 is 4.79 Å². The molecule has 0 unspecified atom stereocenters. The molecule has 0 spiro atoms. The van der Waals surface area contributed by atoms with E-state index < -0.39 is 0 Å². The Kier molecular flexibility index (Phi) is 6.10. The van der Waals surface area contributed by atoms with Crippen molar-refractivity contribution in [3.05, 3.63) is 63.2 Å². The number of H-pyrrole nitrogens is 1. The van der Waals surface area contributed by atoms with E-state index in [1.54, 1.807) is 22.5 Å². The summed E-state index contributed by atoms with van der Waals surface area (Å²) in [5.74, 6) is 0.0716. The van der Waals surface area contributed by atoms with Crippen LogP contribution in [0.25, 0.3) is 5.65 Å². The summed E-state index contributed by atoms with van der Waals surface area (Å²) in [7, 11) is 1.75. The number of aromatic amines is 1. The maximum absolute atomic E-state index is 13.3. The standard InChI is InChI=1S/C21H25N5O2.ClH/c1-13-6-4-5-7-16(13)25(3)21(28)19-14(2)24-26-17(12-18(27)23-20(19)26)15-8-10-22-11-9-15;/h4-7,12,15,22H,8-11H2,1-3H3,(H,23,27);1H. The van der Waals surface area contributed by atoms with E-state index in [9.17, 15) is 9.59 Å². The molecular weight excluding hydrogens is 390 g/mol. The molecule has 1 fully saturated rings. The molecule has 1 saturated heterocycles. The zero-order valence-electron chi connectivity index (χ0n) is 16.9. The Labute approximate surface area is 175 Å². The summed E-state index contributed by atoms with van der Waals surface area (Å²) >= 11 is 0. The topological polar surface area (TPSA) is 82.5 Å². The van der Waals surface area contributed by atoms with Crippen molar-refractivity contribution in [2.45, 2.75) is 32.6 Å². The number of nitrogens with zero attached hydrogens (tertiary/aromatic N) is 3. The first-order valence-electron chi connectivity index (χ1n) is 9.64. The molecule has 154 valence electrons. The molecule has 0 radical (unpaired) electrons. The molecule has 1 aliphatic heterocycles. The zero-order chi connectivity index (χ0) is 19.8. The van der Waals surface area contributed by atoms with Gasteiger partial charge in [-0.05, 0) is 51.4 Å². The van der Waals surface area contributed by atoms with Gasteiger partial charge in [-0.3, -0.25) is 9.59 Å². The van der Waals surface area contributed by atoms with Gasteiger partial charge < -0.3 is 15.2 Å². The minimum absolute atomic E-state index is 0. The normalized spacial score (nSPS) is 14.6. The van der Waals surface area contributed by atoms with E-state index in [1.165, 1.54) is 0 Å². The maximum Gasteiger partial charge on any atom is 0.263 e. The largest absolute Gasteiger partial charge is 0.317 e. The third-order valence-electron chi connectivity index (χ3n) is 5.58. The van der Waals surface area contributed by atoms with Gasteiger partial charge in [-0.25, -0.2) is 4.52 Å². The molecule has 3 heterocycles. The summed E-state index contributed by atoms with van der Waals surface area (Å²) in [6.07, 6.45) is 1.90. The molecule has 29 heavy (non-hydrogen) atoms. The van der Waals surface area contributed by atoms with Gasteiger partial charge in [0.15, 0.2) is 0 Å². The lowest BCUT2D eigenvalue weighted by Gasteiger charge is -2.23. The van der Waals surface area contributed by atoms with Gasteiger partial charge in [0.2, 0.25) is 0 Å². The average molecular weight is 416 g/mol. The highest BCUT2D eigenvalue weighted by molar-refractivity contribution is 6.10. The van der Waals surface area contributed by atoms with Gasteiger partial charge in [0, 0.05) is 24.7 Å². The van der Waals surface area contributed by atoms with Crippen LogP contribution in [0.5, 0.6) is 0 Å². The Morgan fingerprint density at radius 2 is 1.90 bits per heavy atom. The fraction of sp³-hybridized carbons (Fsp3) is 0.381. The number of hydrogen-bond donors (Lipinski definition) is 2. The summed E-state index contributed by atoms with van der Waals surface area (Å²) in [6.45, 7) is 5.62. The first kappa shape index (κ1) is 21.1. The number of carbonyl (C=O) groups excluding carboxylic acids is 1. The molecule has 0 saturated carbocycles. The molecule has 2 aromatic heterocycles. The number of hydrogen-bond acceptors (Lipinski definition) is 4. The first-order valence-corrected chi connectivity index (χ1v) is 9.64. The molecule has 2 N–H and O–H groups in total. The maximum atomic E-state index is 13.3. The molecule has 4 rings (SSSR count). The van der Waals surface area contributed by atoms with Gasteiger partial charge in [0.05, 0.1) is 11.4 Å². The van der Waals surface area contributed by atoms with Crippen molar-refractivity contribution in [1.82, 2.24) is 19.9 Å². The number of aromatic nitrogens is 3. The van der Waals surface area contributed by atoms with Gasteiger partial charge in [0.25, 0.3) is 11.5 Å². The van der Waals surface area contributed by atoms with Gasteiger partial charge in [-0.15, -0.1) is 12.4 Å². The van der Waals surface area contributed by atoms with Crippen molar-refractivity contribution in [1.29, 1.82) is 0 Å². The Bertz CT molecular complexity index is 1100. The number of nitrogens with one attached hydrogen (secondary N) is 2. The molecule has 7 nitrogen and oxygen atoms in total. The first-order chi connectivity index (χ1) is 13.5. The molecule has 1 aliphatic rings. The van der Waals surface area contributed by atoms with Crippen molar-refractivity contribution in [3.63, 3.8) is 0 Å². The highest BCUT2D eigenvalue weighted by Crippen LogP contribution is 2.27. The molecule has 0 aliphatic carbocycles. The summed E-state index contributed by atoms with van der Waals surface area (Å²) in [4.78, 5) is 30.2. The molecule has 8 heteroatoms. The van der Waals surface area contributed by atoms with Gasteiger partial charge in [-0.2, -0.15) is 5.10 Å². The van der Waals surface area contributed by atoms with E-state index in [-0.39, 0.29) is 29.8 Å². The quantitative estimate of drug-likeness (QED) is 0.689. The van der Waals surface area contributed by atoms with Crippen molar-refractivity contribution in [2.75, 3.05) is 25.0 Å². The van der Waals surface area contributed by atoms with Crippen LogP contribution in [0.2, 0.25) is 0 Å². The fourth-order valence-electron chi connectivity index (χ4n) is 4.06. The predicted octanol–water partition coefficient (Wildman–Crippen LogP) is 2.80. The zero-order valence-corrected chi connectivity index (χ0v) is 17.7. The number of fused-ring (bicyclic) bond motifs is 1. The van der Waals surface area contributed by atoms with Crippen molar-refractivity contribution >= 4 is 29.6 Å². The number of piperidine rings is 1. The number of aryl methyl sites for hydroxylation is 2. The van der Waals surface area contributed by atoms with Crippen LogP contribution in [-0.2, 0) is 0 Å². The van der Waals surface area contributed by atoms with E-state index >= 15 is 0 Å². The summed E-state index contributed by atoms with van der Waals surface area (Å²) in [6, 6.07) is 9.36. The van der Waals surface area contributed by atoms with Crippen LogP contribution in [0.4, 0.5) is 5.69 Å². The highest BCUT2D eigenvalue weighted by atomic mass is 35.5. The SMILES string of the molecule is Cc1ccccc1N(C)C(=O)c1c(C)nn2c(C3CCNCC3)cc(=O)[nH]c12.Cl. The minimum Gasteiger partial charge on any atom is -0.317 e. The second-order valence-corrected chi connectivity index (χ2v) is 7.45. The Morgan fingerprint density at radius 3 is 2.59 bits per heavy atom. The van der Waals surface area contributed by atoms with E-state index in [0.29, 0.717) is 16.9 Å². The Hall–Kier alpha value is -2.64. The minimum atomic E-state index is -0.200.